The first-order valence-electron chi connectivity index (χ1n) is 7.02. The zero-order valence-electron chi connectivity index (χ0n) is 13.0. The van der Waals surface area contributed by atoms with E-state index >= 15 is 0 Å². The summed E-state index contributed by atoms with van der Waals surface area (Å²) in [6, 6.07) is 4.99. The molecule has 0 saturated heterocycles. The van der Waals surface area contributed by atoms with Crippen molar-refractivity contribution in [2.45, 2.75) is 32.0 Å². The van der Waals surface area contributed by atoms with E-state index in [9.17, 15) is 14.4 Å². The molecule has 0 fully saturated rings. The zero-order valence-corrected chi connectivity index (χ0v) is 13.0. The number of benzene rings is 1. The summed E-state index contributed by atoms with van der Waals surface area (Å²) in [5.74, 6) is -1.54. The van der Waals surface area contributed by atoms with Gasteiger partial charge in [0.05, 0.1) is 19.6 Å². The molecule has 0 bridgehead atoms. The summed E-state index contributed by atoms with van der Waals surface area (Å²) in [5.41, 5.74) is 6.46. The fourth-order valence-electron chi connectivity index (χ4n) is 1.69. The number of carbonyl (C=O) groups excluding carboxylic acids is 2. The second-order valence-corrected chi connectivity index (χ2v) is 5.00. The smallest absolute Gasteiger partial charge is 0.325 e. The fourth-order valence-corrected chi connectivity index (χ4v) is 1.69. The van der Waals surface area contributed by atoms with Crippen LogP contribution in [-0.4, -0.2) is 42.1 Å². The van der Waals surface area contributed by atoms with Crippen LogP contribution < -0.4 is 21.1 Å². The number of rotatable bonds is 8. The number of ether oxygens (including phenoxy) is 1. The average molecular weight is 323 g/mol. The fraction of sp³-hybridized carbons (Fsp3) is 0.400. The van der Waals surface area contributed by atoms with Crippen LogP contribution in [0.15, 0.2) is 24.3 Å². The lowest BCUT2D eigenvalue weighted by Gasteiger charge is -2.14. The molecule has 0 radical (unpaired) electrons. The molecule has 2 atom stereocenters. The van der Waals surface area contributed by atoms with Gasteiger partial charge in [0.15, 0.2) is 0 Å². The Kier molecular flexibility index (Phi) is 7.01. The van der Waals surface area contributed by atoms with Gasteiger partial charge in [0.25, 0.3) is 0 Å². The molecule has 1 rings (SSSR count). The molecule has 5 N–H and O–H groups in total. The lowest BCUT2D eigenvalue weighted by atomic mass is 10.1. The van der Waals surface area contributed by atoms with Crippen molar-refractivity contribution in [3.63, 3.8) is 0 Å². The number of hydrogen-bond donors (Lipinski definition) is 4. The Labute approximate surface area is 134 Å². The minimum atomic E-state index is -1.17. The van der Waals surface area contributed by atoms with Crippen molar-refractivity contribution in [3.8, 4) is 5.75 Å². The maximum Gasteiger partial charge on any atom is 0.325 e. The van der Waals surface area contributed by atoms with Crippen LogP contribution >= 0.6 is 0 Å². The first kappa shape index (κ1) is 18.4. The number of carbonyl (C=O) groups is 3. The number of carboxylic acid groups (broad SMARTS) is 1. The molecule has 0 aromatic heterocycles. The third-order valence-electron chi connectivity index (χ3n) is 3.12. The predicted molar refractivity (Wildman–Crippen MR) is 82.7 cm³/mol. The van der Waals surface area contributed by atoms with Gasteiger partial charge in [-0.1, -0.05) is 12.1 Å². The van der Waals surface area contributed by atoms with E-state index in [1.165, 1.54) is 6.92 Å². The van der Waals surface area contributed by atoms with Crippen molar-refractivity contribution in [1.29, 1.82) is 0 Å². The Morgan fingerprint density at radius 2 is 1.87 bits per heavy atom. The van der Waals surface area contributed by atoms with E-state index in [4.69, 9.17) is 15.6 Å². The summed E-state index contributed by atoms with van der Waals surface area (Å²) in [6.45, 7) is 1.61. The highest BCUT2D eigenvalue weighted by Crippen LogP contribution is 2.10. The quantitative estimate of drug-likeness (QED) is 0.516. The van der Waals surface area contributed by atoms with E-state index in [0.717, 1.165) is 5.56 Å². The summed E-state index contributed by atoms with van der Waals surface area (Å²) >= 11 is 0. The second-order valence-electron chi connectivity index (χ2n) is 5.00. The molecular weight excluding hydrogens is 302 g/mol. The van der Waals surface area contributed by atoms with Gasteiger partial charge in [0, 0.05) is 6.54 Å². The topological polar surface area (TPSA) is 131 Å². The van der Waals surface area contributed by atoms with Crippen molar-refractivity contribution in [1.82, 2.24) is 10.6 Å². The Bertz CT molecular complexity index is 559. The normalized spacial score (nSPS) is 12.8. The highest BCUT2D eigenvalue weighted by Gasteiger charge is 2.21. The number of nitrogens with two attached hydrogens (primary N) is 1. The minimum absolute atomic E-state index is 0.228. The first-order valence-corrected chi connectivity index (χ1v) is 7.02. The molecule has 0 heterocycles. The number of methoxy groups -OCH3 is 1. The summed E-state index contributed by atoms with van der Waals surface area (Å²) < 4.78 is 5.03. The van der Waals surface area contributed by atoms with Gasteiger partial charge in [-0.2, -0.15) is 0 Å². The number of aliphatic carboxylic acids is 1. The Hall–Kier alpha value is -2.61. The average Bonchev–Trinajstić information content (AvgIpc) is 2.53. The van der Waals surface area contributed by atoms with Crippen LogP contribution in [0.2, 0.25) is 0 Å². The predicted octanol–water partition coefficient (Wildman–Crippen LogP) is -0.382. The van der Waals surface area contributed by atoms with Crippen molar-refractivity contribution in [2.24, 2.45) is 5.73 Å². The Morgan fingerprint density at radius 3 is 2.39 bits per heavy atom. The van der Waals surface area contributed by atoms with E-state index in [1.54, 1.807) is 31.4 Å². The molecular formula is C15H21N3O5. The molecule has 1 aromatic rings. The van der Waals surface area contributed by atoms with Gasteiger partial charge in [-0.25, -0.2) is 0 Å². The summed E-state index contributed by atoms with van der Waals surface area (Å²) in [5, 5.41) is 13.6. The molecule has 1 unspecified atom stereocenters. The van der Waals surface area contributed by atoms with Gasteiger partial charge >= 0.3 is 5.97 Å². The molecule has 8 nitrogen and oxygen atoms in total. The lowest BCUT2D eigenvalue weighted by Crippen LogP contribution is -2.48. The van der Waals surface area contributed by atoms with Crippen LogP contribution in [-0.2, 0) is 20.9 Å². The summed E-state index contributed by atoms with van der Waals surface area (Å²) in [7, 11) is 1.56. The van der Waals surface area contributed by atoms with E-state index in [0.29, 0.717) is 12.3 Å². The van der Waals surface area contributed by atoms with Crippen molar-refractivity contribution in [2.75, 3.05) is 7.11 Å². The van der Waals surface area contributed by atoms with Crippen LogP contribution in [0.4, 0.5) is 0 Å². The molecule has 0 saturated carbocycles. The zero-order chi connectivity index (χ0) is 17.4. The van der Waals surface area contributed by atoms with Gasteiger partial charge in [-0.3, -0.25) is 14.4 Å². The highest BCUT2D eigenvalue weighted by atomic mass is 16.5. The molecule has 0 aliphatic heterocycles. The van der Waals surface area contributed by atoms with Crippen molar-refractivity contribution < 1.29 is 24.2 Å². The Morgan fingerprint density at radius 1 is 1.26 bits per heavy atom. The van der Waals surface area contributed by atoms with E-state index in [2.05, 4.69) is 10.6 Å². The van der Waals surface area contributed by atoms with Crippen LogP contribution in [0.3, 0.4) is 0 Å². The maximum absolute atomic E-state index is 11.8. The standard InChI is InChI=1S/C15H21N3O5/c1-9(15(21)22)18-14(20)12(16)7-13(19)17-8-10-3-5-11(23-2)6-4-10/h3-6,9,12H,7-8,16H2,1-2H3,(H,17,19)(H,18,20)(H,21,22)/t9-,12?/m1/s1. The molecule has 0 spiro atoms. The van der Waals surface area contributed by atoms with Gasteiger partial charge < -0.3 is 26.2 Å². The minimum Gasteiger partial charge on any atom is -0.497 e. The highest BCUT2D eigenvalue weighted by molar-refractivity contribution is 5.90. The largest absolute Gasteiger partial charge is 0.497 e. The summed E-state index contributed by atoms with van der Waals surface area (Å²) in [6.07, 6.45) is -0.228. The van der Waals surface area contributed by atoms with Crippen LogP contribution in [0, 0.1) is 0 Å². The monoisotopic (exact) mass is 323 g/mol. The molecule has 8 heteroatoms. The van der Waals surface area contributed by atoms with Gasteiger partial charge in [-0.05, 0) is 24.6 Å². The molecule has 2 amide bonds. The SMILES string of the molecule is COc1ccc(CNC(=O)CC(N)C(=O)N[C@H](C)C(=O)O)cc1. The Balaban J connectivity index is 2.39. The van der Waals surface area contributed by atoms with Crippen LogP contribution in [0.5, 0.6) is 5.75 Å². The van der Waals surface area contributed by atoms with E-state index < -0.39 is 29.9 Å². The van der Waals surface area contributed by atoms with Crippen LogP contribution in [0.1, 0.15) is 18.9 Å². The number of amides is 2. The summed E-state index contributed by atoms with van der Waals surface area (Å²) in [4.78, 5) is 34.0. The maximum atomic E-state index is 11.8. The molecule has 0 aliphatic carbocycles. The lowest BCUT2D eigenvalue weighted by molar-refractivity contribution is -0.141. The molecule has 1 aromatic carbocycles. The first-order chi connectivity index (χ1) is 10.8. The van der Waals surface area contributed by atoms with Crippen molar-refractivity contribution >= 4 is 17.8 Å². The number of hydrogen-bond acceptors (Lipinski definition) is 5. The second kappa shape index (κ2) is 8.74. The number of carboxylic acids is 1. The van der Waals surface area contributed by atoms with E-state index in [1.807, 2.05) is 0 Å². The third kappa shape index (κ3) is 6.35. The number of nitrogens with one attached hydrogen (secondary N) is 2. The van der Waals surface area contributed by atoms with Gasteiger partial charge in [0.2, 0.25) is 11.8 Å². The molecule has 126 valence electrons. The molecule has 23 heavy (non-hydrogen) atoms. The van der Waals surface area contributed by atoms with E-state index in [-0.39, 0.29) is 6.42 Å². The third-order valence-corrected chi connectivity index (χ3v) is 3.12. The molecule has 0 aliphatic rings. The van der Waals surface area contributed by atoms with Crippen LogP contribution in [0.25, 0.3) is 0 Å². The van der Waals surface area contributed by atoms with Gasteiger partial charge in [-0.15, -0.1) is 0 Å². The van der Waals surface area contributed by atoms with Crippen molar-refractivity contribution in [3.05, 3.63) is 29.8 Å². The van der Waals surface area contributed by atoms with Gasteiger partial charge in [0.1, 0.15) is 11.8 Å².